The zero-order valence-corrected chi connectivity index (χ0v) is 19.1. The number of thiophene rings is 1. The summed E-state index contributed by atoms with van der Waals surface area (Å²) >= 11 is 7.56. The molecule has 8 nitrogen and oxygen atoms in total. The maximum absolute atomic E-state index is 12.9. The third kappa shape index (κ3) is 3.45. The van der Waals surface area contributed by atoms with Crippen molar-refractivity contribution >= 4 is 51.0 Å². The van der Waals surface area contributed by atoms with E-state index in [1.165, 1.54) is 11.3 Å². The van der Waals surface area contributed by atoms with E-state index >= 15 is 0 Å². The summed E-state index contributed by atoms with van der Waals surface area (Å²) in [4.78, 5) is 39.5. The summed E-state index contributed by atoms with van der Waals surface area (Å²) < 4.78 is 1.82. The lowest BCUT2D eigenvalue weighted by Crippen LogP contribution is -2.50. The molecule has 2 N–H and O–H groups in total. The van der Waals surface area contributed by atoms with Gasteiger partial charge in [0.15, 0.2) is 0 Å². The number of urea groups is 1. The van der Waals surface area contributed by atoms with Gasteiger partial charge in [-0.2, -0.15) is 10.1 Å². The Bertz CT molecular complexity index is 1240. The molecule has 32 heavy (non-hydrogen) atoms. The van der Waals surface area contributed by atoms with Crippen molar-refractivity contribution in [3.63, 3.8) is 0 Å². The molecule has 3 heterocycles. The van der Waals surface area contributed by atoms with Gasteiger partial charge in [-0.15, -0.1) is 11.3 Å². The minimum Gasteiger partial charge on any atom is -0.322 e. The van der Waals surface area contributed by atoms with E-state index in [9.17, 15) is 14.4 Å². The van der Waals surface area contributed by atoms with Crippen molar-refractivity contribution in [2.24, 2.45) is 0 Å². The maximum atomic E-state index is 12.9. The van der Waals surface area contributed by atoms with Crippen LogP contribution in [-0.4, -0.2) is 38.2 Å². The standard InChI is InChI=1S/C22H22ClN5O3S/c1-13-15-11-17(32-19(15)27(25-13)12-14-7-3-4-8-16(14)23)18(29)26-28-20(30)22(24-21(28)31)9-5-2-6-10-22/h3-4,7-8,11H,2,5-6,9-10,12H2,1H3,(H,24,31)(H,26,29). The van der Waals surface area contributed by atoms with Gasteiger partial charge in [-0.05, 0) is 37.5 Å². The van der Waals surface area contributed by atoms with Crippen LogP contribution >= 0.6 is 22.9 Å². The largest absolute Gasteiger partial charge is 0.344 e. The Balaban J connectivity index is 1.38. The molecule has 1 aliphatic heterocycles. The van der Waals surface area contributed by atoms with E-state index in [1.807, 2.05) is 35.9 Å². The van der Waals surface area contributed by atoms with Crippen molar-refractivity contribution in [3.05, 3.63) is 51.5 Å². The van der Waals surface area contributed by atoms with E-state index in [2.05, 4.69) is 15.8 Å². The van der Waals surface area contributed by atoms with Crippen molar-refractivity contribution < 1.29 is 14.4 Å². The number of hydrogen-bond acceptors (Lipinski definition) is 5. The molecular weight excluding hydrogens is 450 g/mol. The molecule has 1 spiro atoms. The summed E-state index contributed by atoms with van der Waals surface area (Å²) in [5, 5.41) is 9.72. The number of carbonyl (C=O) groups excluding carboxylic acids is 3. The van der Waals surface area contributed by atoms with Crippen molar-refractivity contribution in [1.82, 2.24) is 25.5 Å². The molecule has 4 amide bonds. The molecule has 1 saturated heterocycles. The molecule has 2 aliphatic rings. The predicted octanol–water partition coefficient (Wildman–Crippen LogP) is 4.01. The van der Waals surface area contributed by atoms with Crippen molar-refractivity contribution in [1.29, 1.82) is 0 Å². The minimum atomic E-state index is -0.880. The number of aromatic nitrogens is 2. The maximum Gasteiger partial charge on any atom is 0.344 e. The van der Waals surface area contributed by atoms with Gasteiger partial charge in [0, 0.05) is 10.4 Å². The molecule has 5 rings (SSSR count). The average Bonchev–Trinajstić information content (AvgIpc) is 3.40. The van der Waals surface area contributed by atoms with Gasteiger partial charge in [0.25, 0.3) is 11.8 Å². The molecular formula is C22H22ClN5O3S. The highest BCUT2D eigenvalue weighted by Crippen LogP contribution is 2.34. The van der Waals surface area contributed by atoms with Crippen LogP contribution in [0.25, 0.3) is 10.2 Å². The van der Waals surface area contributed by atoms with E-state index in [1.54, 1.807) is 6.07 Å². The van der Waals surface area contributed by atoms with E-state index in [4.69, 9.17) is 11.6 Å². The molecule has 166 valence electrons. The predicted molar refractivity (Wildman–Crippen MR) is 122 cm³/mol. The van der Waals surface area contributed by atoms with Gasteiger partial charge in [-0.25, -0.2) is 4.79 Å². The van der Waals surface area contributed by atoms with Crippen molar-refractivity contribution in [2.45, 2.75) is 51.1 Å². The second kappa shape index (κ2) is 7.90. The van der Waals surface area contributed by atoms with Gasteiger partial charge in [0.2, 0.25) is 0 Å². The first-order valence-corrected chi connectivity index (χ1v) is 11.8. The van der Waals surface area contributed by atoms with Crippen LogP contribution in [0.4, 0.5) is 4.79 Å². The second-order valence-electron chi connectivity index (χ2n) is 8.32. The summed E-state index contributed by atoms with van der Waals surface area (Å²) in [5.41, 5.74) is 3.34. The van der Waals surface area contributed by atoms with Gasteiger partial charge in [0.05, 0.1) is 17.1 Å². The molecule has 2 aromatic heterocycles. The minimum absolute atomic E-state index is 0.377. The number of nitrogens with zero attached hydrogens (tertiary/aromatic N) is 3. The zero-order valence-electron chi connectivity index (χ0n) is 17.5. The fourth-order valence-electron chi connectivity index (χ4n) is 4.49. The highest BCUT2D eigenvalue weighted by molar-refractivity contribution is 7.20. The molecule has 2 fully saturated rings. The van der Waals surface area contributed by atoms with Gasteiger partial charge in [0.1, 0.15) is 10.4 Å². The number of fused-ring (bicyclic) bond motifs is 1. The molecule has 1 saturated carbocycles. The number of nitrogens with one attached hydrogen (secondary N) is 2. The fraction of sp³-hybridized carbons (Fsp3) is 0.364. The summed E-state index contributed by atoms with van der Waals surface area (Å²) in [7, 11) is 0. The smallest absolute Gasteiger partial charge is 0.322 e. The Kier molecular flexibility index (Phi) is 5.17. The average molecular weight is 472 g/mol. The van der Waals surface area contributed by atoms with E-state index in [0.717, 1.165) is 45.7 Å². The number of amides is 4. The Morgan fingerprint density at radius 3 is 2.75 bits per heavy atom. The summed E-state index contributed by atoms with van der Waals surface area (Å²) in [6.45, 7) is 2.35. The lowest BCUT2D eigenvalue weighted by atomic mass is 9.82. The third-order valence-electron chi connectivity index (χ3n) is 6.19. The van der Waals surface area contributed by atoms with Crippen molar-refractivity contribution in [3.8, 4) is 0 Å². The second-order valence-corrected chi connectivity index (χ2v) is 9.76. The topological polar surface area (TPSA) is 96.3 Å². The highest BCUT2D eigenvalue weighted by Gasteiger charge is 2.52. The molecule has 0 atom stereocenters. The number of aryl methyl sites for hydroxylation is 1. The number of imide groups is 1. The van der Waals surface area contributed by atoms with E-state index < -0.39 is 17.5 Å². The van der Waals surface area contributed by atoms with Gasteiger partial charge in [-0.1, -0.05) is 49.1 Å². The SMILES string of the molecule is Cc1nn(Cc2ccccc2Cl)c2sc(C(=O)NN3C(=O)NC4(CCCCC4)C3=O)cc12. The van der Waals surface area contributed by atoms with Crippen LogP contribution in [0.5, 0.6) is 0 Å². The molecule has 10 heteroatoms. The Labute approximate surface area is 193 Å². The molecule has 0 radical (unpaired) electrons. The Morgan fingerprint density at radius 1 is 1.25 bits per heavy atom. The summed E-state index contributed by atoms with van der Waals surface area (Å²) in [5.74, 6) is -0.871. The van der Waals surface area contributed by atoms with Crippen LogP contribution < -0.4 is 10.7 Å². The Morgan fingerprint density at radius 2 is 2.00 bits per heavy atom. The number of hydrogen-bond donors (Lipinski definition) is 2. The lowest BCUT2D eigenvalue weighted by molar-refractivity contribution is -0.134. The number of carbonyl (C=O) groups is 3. The first-order valence-electron chi connectivity index (χ1n) is 10.6. The molecule has 3 aromatic rings. The number of halogens is 1. The van der Waals surface area contributed by atoms with Crippen LogP contribution in [-0.2, 0) is 11.3 Å². The summed E-state index contributed by atoms with van der Waals surface area (Å²) in [6.07, 6.45) is 4.01. The molecule has 1 aliphatic carbocycles. The quantitative estimate of drug-likeness (QED) is 0.562. The third-order valence-corrected chi connectivity index (χ3v) is 7.71. The fourth-order valence-corrected chi connectivity index (χ4v) is 5.74. The van der Waals surface area contributed by atoms with Crippen LogP contribution in [0.2, 0.25) is 5.02 Å². The normalized spacial score (nSPS) is 17.9. The van der Waals surface area contributed by atoms with Crippen LogP contribution in [0.15, 0.2) is 30.3 Å². The molecule has 1 aromatic carbocycles. The van der Waals surface area contributed by atoms with E-state index in [-0.39, 0.29) is 5.91 Å². The monoisotopic (exact) mass is 471 g/mol. The lowest BCUT2D eigenvalue weighted by Gasteiger charge is -2.30. The summed E-state index contributed by atoms with van der Waals surface area (Å²) in [6, 6.07) is 8.72. The Hall–Kier alpha value is -2.91. The highest BCUT2D eigenvalue weighted by atomic mass is 35.5. The zero-order chi connectivity index (χ0) is 22.5. The first kappa shape index (κ1) is 21.0. The van der Waals surface area contributed by atoms with Crippen molar-refractivity contribution in [2.75, 3.05) is 0 Å². The number of rotatable bonds is 4. The first-order chi connectivity index (χ1) is 15.4. The number of benzene rings is 1. The van der Waals surface area contributed by atoms with Gasteiger partial charge >= 0.3 is 6.03 Å². The van der Waals surface area contributed by atoms with Crippen LogP contribution in [0.3, 0.4) is 0 Å². The molecule has 0 bridgehead atoms. The van der Waals surface area contributed by atoms with E-state index in [0.29, 0.717) is 29.3 Å². The van der Waals surface area contributed by atoms with Crippen LogP contribution in [0.1, 0.15) is 53.0 Å². The van der Waals surface area contributed by atoms with Gasteiger partial charge < -0.3 is 5.32 Å². The number of hydrazine groups is 1. The van der Waals surface area contributed by atoms with Crippen LogP contribution in [0, 0.1) is 6.92 Å². The molecule has 0 unspecified atom stereocenters. The van der Waals surface area contributed by atoms with Gasteiger partial charge in [-0.3, -0.25) is 19.7 Å².